The molecule has 3 nitrogen and oxygen atoms in total. The summed E-state index contributed by atoms with van der Waals surface area (Å²) in [5.41, 5.74) is 8.47. The van der Waals surface area contributed by atoms with Crippen molar-refractivity contribution in [3.63, 3.8) is 0 Å². The van der Waals surface area contributed by atoms with Gasteiger partial charge in [-0.3, -0.25) is 4.79 Å². The summed E-state index contributed by atoms with van der Waals surface area (Å²) in [5.74, 6) is 0.194. The fourth-order valence-corrected chi connectivity index (χ4v) is 2.24. The van der Waals surface area contributed by atoms with Gasteiger partial charge in [-0.25, -0.2) is 0 Å². The van der Waals surface area contributed by atoms with Gasteiger partial charge in [-0.2, -0.15) is 0 Å². The molecule has 0 atom stereocenters. The van der Waals surface area contributed by atoms with Crippen LogP contribution >= 0.6 is 12.2 Å². The Labute approximate surface area is 107 Å². The van der Waals surface area contributed by atoms with Gasteiger partial charge < -0.3 is 10.6 Å². The third-order valence-electron chi connectivity index (χ3n) is 3.11. The van der Waals surface area contributed by atoms with E-state index in [-0.39, 0.29) is 5.91 Å². The van der Waals surface area contributed by atoms with Gasteiger partial charge in [0.2, 0.25) is 5.91 Å². The summed E-state index contributed by atoms with van der Waals surface area (Å²) in [6.45, 7) is 2.79. The summed E-state index contributed by atoms with van der Waals surface area (Å²) in [7, 11) is 0. The van der Waals surface area contributed by atoms with E-state index >= 15 is 0 Å². The maximum absolute atomic E-state index is 11.9. The molecule has 1 fully saturated rings. The first-order chi connectivity index (χ1) is 8.09. The van der Waals surface area contributed by atoms with Crippen LogP contribution in [-0.4, -0.2) is 17.4 Å². The van der Waals surface area contributed by atoms with Crippen molar-refractivity contribution in [1.29, 1.82) is 0 Å². The molecular weight excluding hydrogens is 232 g/mol. The lowest BCUT2D eigenvalue weighted by Crippen LogP contribution is -2.35. The predicted octanol–water partition coefficient (Wildman–Crippen LogP) is 2.15. The second-order valence-corrected chi connectivity index (χ2v) is 4.81. The fourth-order valence-electron chi connectivity index (χ4n) is 2.11. The highest BCUT2D eigenvalue weighted by Gasteiger charge is 2.21. The van der Waals surface area contributed by atoms with Gasteiger partial charge >= 0.3 is 0 Å². The molecule has 0 radical (unpaired) electrons. The number of hydrogen-bond donors (Lipinski definition) is 1. The molecule has 0 saturated carbocycles. The minimum Gasteiger partial charge on any atom is -0.389 e. The minimum absolute atomic E-state index is 0.194. The number of thiocarbonyl (C=S) groups is 1. The monoisotopic (exact) mass is 248 g/mol. The molecule has 1 aliphatic rings. The average Bonchev–Trinajstić information content (AvgIpc) is 2.30. The Kier molecular flexibility index (Phi) is 3.43. The van der Waals surface area contributed by atoms with Crippen molar-refractivity contribution in [2.24, 2.45) is 5.73 Å². The molecule has 2 N–H and O–H groups in total. The topological polar surface area (TPSA) is 46.3 Å². The van der Waals surface area contributed by atoms with E-state index in [0.29, 0.717) is 11.4 Å². The number of amides is 1. The molecule has 0 aliphatic carbocycles. The Hall–Kier alpha value is -1.42. The van der Waals surface area contributed by atoms with Gasteiger partial charge in [-0.1, -0.05) is 24.4 Å². The van der Waals surface area contributed by atoms with Gasteiger partial charge in [0.1, 0.15) is 4.99 Å². The summed E-state index contributed by atoms with van der Waals surface area (Å²) >= 11 is 4.97. The molecule has 1 saturated heterocycles. The average molecular weight is 248 g/mol. The molecule has 4 heteroatoms. The van der Waals surface area contributed by atoms with E-state index in [1.165, 1.54) is 0 Å². The van der Waals surface area contributed by atoms with Crippen molar-refractivity contribution in [3.05, 3.63) is 29.3 Å². The number of aryl methyl sites for hydroxylation is 1. The molecule has 0 spiro atoms. The molecule has 0 bridgehead atoms. The number of benzene rings is 1. The van der Waals surface area contributed by atoms with Gasteiger partial charge in [-0.05, 0) is 31.4 Å². The first kappa shape index (κ1) is 12.0. The van der Waals surface area contributed by atoms with E-state index < -0.39 is 0 Å². The minimum atomic E-state index is 0.194. The second-order valence-electron chi connectivity index (χ2n) is 4.37. The lowest BCUT2D eigenvalue weighted by atomic mass is 10.0. The SMILES string of the molecule is Cc1ccc(C(N)=S)cc1N1CCCCC1=O. The van der Waals surface area contributed by atoms with Crippen LogP contribution < -0.4 is 10.6 Å². The molecular formula is C13H16N2OS. The van der Waals surface area contributed by atoms with Crippen molar-refractivity contribution >= 4 is 28.8 Å². The third-order valence-corrected chi connectivity index (χ3v) is 3.34. The molecule has 0 unspecified atom stereocenters. The van der Waals surface area contributed by atoms with Crippen molar-refractivity contribution in [1.82, 2.24) is 0 Å². The van der Waals surface area contributed by atoms with E-state index in [2.05, 4.69) is 0 Å². The summed E-state index contributed by atoms with van der Waals surface area (Å²) in [5, 5.41) is 0. The third kappa shape index (κ3) is 2.47. The highest BCUT2D eigenvalue weighted by atomic mass is 32.1. The Morgan fingerprint density at radius 3 is 2.82 bits per heavy atom. The predicted molar refractivity (Wildman–Crippen MR) is 73.3 cm³/mol. The van der Waals surface area contributed by atoms with Crippen LogP contribution in [0, 0.1) is 6.92 Å². The van der Waals surface area contributed by atoms with Crippen LogP contribution in [0.4, 0.5) is 5.69 Å². The highest BCUT2D eigenvalue weighted by Crippen LogP contribution is 2.25. The maximum atomic E-state index is 11.9. The van der Waals surface area contributed by atoms with E-state index in [4.69, 9.17) is 18.0 Å². The molecule has 0 aromatic heterocycles. The Balaban J connectivity index is 2.39. The Bertz CT molecular complexity index is 470. The number of carbonyl (C=O) groups excluding carboxylic acids is 1. The van der Waals surface area contributed by atoms with Gasteiger partial charge in [0.15, 0.2) is 0 Å². The number of piperidine rings is 1. The van der Waals surface area contributed by atoms with Crippen molar-refractivity contribution in [3.8, 4) is 0 Å². The van der Waals surface area contributed by atoms with Crippen molar-refractivity contribution in [2.45, 2.75) is 26.2 Å². The Morgan fingerprint density at radius 1 is 1.41 bits per heavy atom. The van der Waals surface area contributed by atoms with Crippen LogP contribution in [0.15, 0.2) is 18.2 Å². The van der Waals surface area contributed by atoms with Gasteiger partial charge in [0, 0.05) is 24.2 Å². The first-order valence-electron chi connectivity index (χ1n) is 5.80. The van der Waals surface area contributed by atoms with E-state index in [1.54, 1.807) is 0 Å². The molecule has 90 valence electrons. The lowest BCUT2D eigenvalue weighted by molar-refractivity contribution is -0.119. The first-order valence-corrected chi connectivity index (χ1v) is 6.21. The van der Waals surface area contributed by atoms with Crippen LogP contribution in [0.25, 0.3) is 0 Å². The number of rotatable bonds is 2. The van der Waals surface area contributed by atoms with Gasteiger partial charge in [0.05, 0.1) is 0 Å². The zero-order valence-electron chi connectivity index (χ0n) is 9.90. The number of nitrogens with two attached hydrogens (primary N) is 1. The standard InChI is InChI=1S/C13H16N2OS/c1-9-5-6-10(13(14)17)8-11(9)15-7-3-2-4-12(15)16/h5-6,8H,2-4,7H2,1H3,(H2,14,17). The molecule has 1 aliphatic heterocycles. The zero-order chi connectivity index (χ0) is 12.4. The molecule has 1 aromatic carbocycles. The van der Waals surface area contributed by atoms with Crippen molar-refractivity contribution in [2.75, 3.05) is 11.4 Å². The molecule has 1 aromatic rings. The highest BCUT2D eigenvalue weighted by molar-refractivity contribution is 7.80. The van der Waals surface area contributed by atoms with Crippen LogP contribution in [0.3, 0.4) is 0 Å². The fraction of sp³-hybridized carbons (Fsp3) is 0.385. The molecule has 17 heavy (non-hydrogen) atoms. The maximum Gasteiger partial charge on any atom is 0.226 e. The molecule has 2 rings (SSSR count). The number of nitrogens with zero attached hydrogens (tertiary/aromatic N) is 1. The largest absolute Gasteiger partial charge is 0.389 e. The van der Waals surface area contributed by atoms with Crippen LogP contribution in [-0.2, 0) is 4.79 Å². The molecule has 1 amide bonds. The van der Waals surface area contributed by atoms with Gasteiger partial charge in [0.25, 0.3) is 0 Å². The second kappa shape index (κ2) is 4.84. The normalized spacial score (nSPS) is 16.1. The van der Waals surface area contributed by atoms with Crippen LogP contribution in [0.1, 0.15) is 30.4 Å². The summed E-state index contributed by atoms with van der Waals surface area (Å²) in [6.07, 6.45) is 2.68. The summed E-state index contributed by atoms with van der Waals surface area (Å²) in [6, 6.07) is 5.78. The number of carbonyl (C=O) groups is 1. The van der Waals surface area contributed by atoms with Crippen molar-refractivity contribution < 1.29 is 4.79 Å². The van der Waals surface area contributed by atoms with Crippen LogP contribution in [0.5, 0.6) is 0 Å². The van der Waals surface area contributed by atoms with Crippen LogP contribution in [0.2, 0.25) is 0 Å². The smallest absolute Gasteiger partial charge is 0.226 e. The lowest BCUT2D eigenvalue weighted by Gasteiger charge is -2.28. The number of anilines is 1. The number of hydrogen-bond acceptors (Lipinski definition) is 2. The summed E-state index contributed by atoms with van der Waals surface area (Å²) < 4.78 is 0. The Morgan fingerprint density at radius 2 is 2.18 bits per heavy atom. The zero-order valence-corrected chi connectivity index (χ0v) is 10.7. The van der Waals surface area contributed by atoms with E-state index in [1.807, 2.05) is 30.0 Å². The molecule has 1 heterocycles. The summed E-state index contributed by atoms with van der Waals surface area (Å²) in [4.78, 5) is 14.1. The van der Waals surface area contributed by atoms with E-state index in [0.717, 1.165) is 36.2 Å². The van der Waals surface area contributed by atoms with Gasteiger partial charge in [-0.15, -0.1) is 0 Å². The quantitative estimate of drug-likeness (QED) is 0.816. The van der Waals surface area contributed by atoms with E-state index in [9.17, 15) is 4.79 Å².